The quantitative estimate of drug-likeness (QED) is 0.580. The topological polar surface area (TPSA) is 44.1 Å². The fraction of sp³-hybridized carbons (Fsp3) is 0.238. The number of esters is 1. The maximum Gasteiger partial charge on any atom is 0.435 e. The highest BCUT2D eigenvalue weighted by molar-refractivity contribution is 5.66. The van der Waals surface area contributed by atoms with E-state index < -0.39 is 11.9 Å². The second-order valence-corrected chi connectivity index (χ2v) is 6.45. The number of ether oxygens (including phenoxy) is 1. The molecule has 0 aliphatic heterocycles. The van der Waals surface area contributed by atoms with Gasteiger partial charge in [0.05, 0.1) is 18.0 Å². The smallest absolute Gasteiger partial charge is 0.435 e. The molecule has 3 aromatic rings. The molecule has 0 unspecified atom stereocenters. The Morgan fingerprint density at radius 3 is 2.29 bits per heavy atom. The van der Waals surface area contributed by atoms with Gasteiger partial charge in [0.2, 0.25) is 0 Å². The number of alkyl halides is 3. The Labute approximate surface area is 160 Å². The highest BCUT2D eigenvalue weighted by atomic mass is 19.4. The van der Waals surface area contributed by atoms with Gasteiger partial charge in [-0.1, -0.05) is 42.0 Å². The third kappa shape index (κ3) is 4.60. The van der Waals surface area contributed by atoms with Crippen LogP contribution in [-0.2, 0) is 22.1 Å². The van der Waals surface area contributed by atoms with Crippen molar-refractivity contribution in [2.75, 3.05) is 6.61 Å². The van der Waals surface area contributed by atoms with Crippen molar-refractivity contribution in [2.45, 2.75) is 26.4 Å². The molecule has 0 saturated heterocycles. The van der Waals surface area contributed by atoms with E-state index in [0.29, 0.717) is 23.4 Å². The number of hydrogen-bond donors (Lipinski definition) is 0. The third-order valence-corrected chi connectivity index (χ3v) is 4.22. The number of carbonyl (C=O) groups is 1. The molecule has 0 bridgehead atoms. The Hall–Kier alpha value is -3.09. The van der Waals surface area contributed by atoms with Gasteiger partial charge in [-0.15, -0.1) is 0 Å². The van der Waals surface area contributed by atoms with Crippen LogP contribution in [0, 0.1) is 6.92 Å². The summed E-state index contributed by atoms with van der Waals surface area (Å²) in [5.41, 5.74) is 2.49. The van der Waals surface area contributed by atoms with Gasteiger partial charge in [-0.3, -0.25) is 4.79 Å². The number of carbonyl (C=O) groups excluding carboxylic acids is 1. The average Bonchev–Trinajstić information content (AvgIpc) is 3.08. The molecule has 0 amide bonds. The van der Waals surface area contributed by atoms with E-state index in [-0.39, 0.29) is 12.6 Å². The highest BCUT2D eigenvalue weighted by Gasteiger charge is 2.35. The number of aryl methyl sites for hydroxylation is 1. The van der Waals surface area contributed by atoms with E-state index in [1.165, 1.54) is 11.6 Å². The van der Waals surface area contributed by atoms with Gasteiger partial charge >= 0.3 is 12.1 Å². The van der Waals surface area contributed by atoms with Crippen LogP contribution in [0.2, 0.25) is 0 Å². The Morgan fingerprint density at radius 1 is 1.07 bits per heavy atom. The molecule has 1 aromatic heterocycles. The Balaban J connectivity index is 1.94. The van der Waals surface area contributed by atoms with Gasteiger partial charge in [0.25, 0.3) is 0 Å². The molecule has 0 fully saturated rings. The molecule has 0 saturated carbocycles. The minimum Gasteiger partial charge on any atom is -0.466 e. The average molecular weight is 388 g/mol. The molecule has 2 aromatic carbocycles. The first-order valence-electron chi connectivity index (χ1n) is 8.71. The third-order valence-electron chi connectivity index (χ3n) is 4.22. The second-order valence-electron chi connectivity index (χ2n) is 6.45. The Kier molecular flexibility index (Phi) is 5.53. The lowest BCUT2D eigenvalue weighted by molar-refractivity contribution is -0.142. The number of nitrogens with zero attached hydrogens (tertiary/aromatic N) is 2. The molecule has 3 rings (SSSR count). The van der Waals surface area contributed by atoms with Crippen LogP contribution in [0.3, 0.4) is 0 Å². The summed E-state index contributed by atoms with van der Waals surface area (Å²) >= 11 is 0. The lowest BCUT2D eigenvalue weighted by Crippen LogP contribution is -2.07. The molecule has 7 heteroatoms. The van der Waals surface area contributed by atoms with Crippen LogP contribution in [0.15, 0.2) is 54.6 Å². The van der Waals surface area contributed by atoms with Gasteiger partial charge in [-0.05, 0) is 30.7 Å². The van der Waals surface area contributed by atoms with Gasteiger partial charge in [0.15, 0.2) is 5.69 Å². The van der Waals surface area contributed by atoms with E-state index in [1.54, 1.807) is 36.4 Å². The predicted molar refractivity (Wildman–Crippen MR) is 99.1 cm³/mol. The number of rotatable bonds is 5. The zero-order valence-electron chi connectivity index (χ0n) is 15.5. The van der Waals surface area contributed by atoms with Crippen molar-refractivity contribution in [3.63, 3.8) is 0 Å². The van der Waals surface area contributed by atoms with Crippen LogP contribution in [0.4, 0.5) is 13.2 Å². The summed E-state index contributed by atoms with van der Waals surface area (Å²) in [6.45, 7) is 3.51. The van der Waals surface area contributed by atoms with Gasteiger partial charge in [0.1, 0.15) is 0 Å². The summed E-state index contributed by atoms with van der Waals surface area (Å²) < 4.78 is 45.9. The highest BCUT2D eigenvalue weighted by Crippen LogP contribution is 2.33. The van der Waals surface area contributed by atoms with Gasteiger partial charge in [-0.25, -0.2) is 4.68 Å². The van der Waals surface area contributed by atoms with Crippen molar-refractivity contribution in [1.29, 1.82) is 0 Å². The van der Waals surface area contributed by atoms with Crippen LogP contribution in [-0.4, -0.2) is 22.4 Å². The van der Waals surface area contributed by atoms with Gasteiger partial charge < -0.3 is 4.74 Å². The SMILES string of the molecule is CC(=O)OCCc1ccc(-c2cc(C(F)(F)F)nn2-c2ccc(C)cc2)cc1. The molecular formula is C21H19F3N2O2. The van der Waals surface area contributed by atoms with Gasteiger partial charge in [-0.2, -0.15) is 18.3 Å². The maximum absolute atomic E-state index is 13.2. The zero-order valence-corrected chi connectivity index (χ0v) is 15.5. The van der Waals surface area contributed by atoms with E-state index in [2.05, 4.69) is 5.10 Å². The Morgan fingerprint density at radius 2 is 1.71 bits per heavy atom. The van der Waals surface area contributed by atoms with Crippen molar-refractivity contribution in [2.24, 2.45) is 0 Å². The van der Waals surface area contributed by atoms with Gasteiger partial charge in [0, 0.05) is 18.9 Å². The first-order valence-corrected chi connectivity index (χ1v) is 8.71. The summed E-state index contributed by atoms with van der Waals surface area (Å²) in [7, 11) is 0. The lowest BCUT2D eigenvalue weighted by Gasteiger charge is -2.09. The van der Waals surface area contributed by atoms with Crippen molar-refractivity contribution in [3.05, 3.63) is 71.4 Å². The van der Waals surface area contributed by atoms with E-state index in [0.717, 1.165) is 17.2 Å². The van der Waals surface area contributed by atoms with Crippen molar-refractivity contribution in [3.8, 4) is 16.9 Å². The maximum atomic E-state index is 13.2. The fourth-order valence-corrected chi connectivity index (χ4v) is 2.76. The minimum atomic E-state index is -4.53. The molecule has 4 nitrogen and oxygen atoms in total. The summed E-state index contributed by atoms with van der Waals surface area (Å²) in [5, 5.41) is 3.78. The summed E-state index contributed by atoms with van der Waals surface area (Å²) in [6.07, 6.45) is -4.00. The summed E-state index contributed by atoms with van der Waals surface area (Å²) in [5.74, 6) is -0.349. The van der Waals surface area contributed by atoms with Crippen molar-refractivity contribution < 1.29 is 22.7 Å². The molecule has 0 N–H and O–H groups in total. The van der Waals surface area contributed by atoms with Crippen LogP contribution in [0.25, 0.3) is 16.9 Å². The van der Waals surface area contributed by atoms with Crippen molar-refractivity contribution >= 4 is 5.97 Å². The normalized spacial score (nSPS) is 11.5. The monoisotopic (exact) mass is 388 g/mol. The molecule has 1 heterocycles. The molecule has 0 radical (unpaired) electrons. The largest absolute Gasteiger partial charge is 0.466 e. The molecular weight excluding hydrogens is 369 g/mol. The number of hydrogen-bond acceptors (Lipinski definition) is 3. The zero-order chi connectivity index (χ0) is 20.3. The summed E-state index contributed by atoms with van der Waals surface area (Å²) in [4.78, 5) is 10.8. The minimum absolute atomic E-state index is 0.258. The Bertz CT molecular complexity index is 959. The first-order chi connectivity index (χ1) is 13.2. The number of halogens is 3. The predicted octanol–water partition coefficient (Wildman–Crippen LogP) is 4.97. The molecule has 0 atom stereocenters. The fourth-order valence-electron chi connectivity index (χ4n) is 2.76. The summed E-state index contributed by atoms with van der Waals surface area (Å²) in [6, 6.07) is 15.3. The van der Waals surface area contributed by atoms with E-state index in [9.17, 15) is 18.0 Å². The lowest BCUT2D eigenvalue weighted by atomic mass is 10.1. The van der Waals surface area contributed by atoms with Crippen LogP contribution in [0.1, 0.15) is 23.7 Å². The molecule has 28 heavy (non-hydrogen) atoms. The number of aromatic nitrogens is 2. The molecule has 0 aliphatic rings. The molecule has 0 spiro atoms. The molecule has 0 aliphatic carbocycles. The van der Waals surface area contributed by atoms with Crippen molar-refractivity contribution in [1.82, 2.24) is 9.78 Å². The van der Waals surface area contributed by atoms with E-state index >= 15 is 0 Å². The van der Waals surface area contributed by atoms with E-state index in [1.807, 2.05) is 19.1 Å². The van der Waals surface area contributed by atoms with Crippen LogP contribution >= 0.6 is 0 Å². The standard InChI is InChI=1S/C21H19F3N2O2/c1-14-3-9-18(10-4-14)26-19(13-20(25-26)21(22,23)24)17-7-5-16(6-8-17)11-12-28-15(2)27/h3-10,13H,11-12H2,1-2H3. The van der Waals surface area contributed by atoms with Crippen LogP contribution in [0.5, 0.6) is 0 Å². The van der Waals surface area contributed by atoms with Crippen LogP contribution < -0.4 is 0 Å². The molecule has 146 valence electrons. The second kappa shape index (κ2) is 7.88. The number of benzene rings is 2. The van der Waals surface area contributed by atoms with E-state index in [4.69, 9.17) is 4.74 Å². The first kappa shape index (κ1) is 19.7.